The van der Waals surface area contributed by atoms with Crippen LogP contribution in [-0.2, 0) is 14.4 Å². The summed E-state index contributed by atoms with van der Waals surface area (Å²) >= 11 is 17.0. The minimum atomic E-state index is -0.151. The summed E-state index contributed by atoms with van der Waals surface area (Å²) in [5.74, 6) is 0.149. The Hall–Kier alpha value is -0.440. The second kappa shape index (κ2) is 9.43. The highest BCUT2D eigenvalue weighted by atomic mass is 79.9. The number of hydrogen-bond acceptors (Lipinski definition) is 3. The lowest BCUT2D eigenvalue weighted by molar-refractivity contribution is -0.140. The van der Waals surface area contributed by atoms with Crippen molar-refractivity contribution in [3.63, 3.8) is 0 Å². The molecule has 2 aliphatic carbocycles. The van der Waals surface area contributed by atoms with E-state index < -0.39 is 0 Å². The Morgan fingerprint density at radius 3 is 2.32 bits per heavy atom. The van der Waals surface area contributed by atoms with Crippen LogP contribution in [-0.4, -0.2) is 38.8 Å². The second-order valence-electron chi connectivity index (χ2n) is 8.72. The van der Waals surface area contributed by atoms with Crippen molar-refractivity contribution in [3.05, 3.63) is 27.2 Å². The third-order valence-electron chi connectivity index (χ3n) is 6.98. The summed E-state index contributed by atoms with van der Waals surface area (Å²) in [6.07, 6.45) is 3.55. The first kappa shape index (κ1) is 23.7. The minimum absolute atomic E-state index is 0.00619. The van der Waals surface area contributed by atoms with Crippen molar-refractivity contribution in [2.45, 2.75) is 48.7 Å². The predicted molar refractivity (Wildman–Crippen MR) is 132 cm³/mol. The topological polar surface area (TPSA) is 66.5 Å². The molecule has 1 saturated heterocycles. The molecular weight excluding hydrogens is 615 g/mol. The number of carbonyl (C=O) groups is 3. The zero-order chi connectivity index (χ0) is 22.4. The summed E-state index contributed by atoms with van der Waals surface area (Å²) in [6, 6.07) is 3.64. The maximum absolute atomic E-state index is 12.9. The first-order valence-electron chi connectivity index (χ1n) is 10.6. The number of alkyl halides is 2. The summed E-state index contributed by atoms with van der Waals surface area (Å²) in [6.45, 7) is 2.32. The number of fused-ring (bicyclic) bond motifs is 5. The van der Waals surface area contributed by atoms with Gasteiger partial charge in [-0.3, -0.25) is 19.3 Å². The van der Waals surface area contributed by atoms with Crippen molar-refractivity contribution < 1.29 is 14.4 Å². The van der Waals surface area contributed by atoms with Crippen LogP contribution in [0.5, 0.6) is 0 Å². The molecular formula is C22H24Br3ClN2O3. The number of benzene rings is 1. The highest BCUT2D eigenvalue weighted by molar-refractivity contribution is 9.12. The van der Waals surface area contributed by atoms with E-state index in [4.69, 9.17) is 11.6 Å². The molecule has 3 amide bonds. The fraction of sp³-hybridized carbons (Fsp3) is 0.591. The molecule has 0 aromatic heterocycles. The van der Waals surface area contributed by atoms with E-state index in [2.05, 4.69) is 53.1 Å². The number of nitrogens with one attached hydrogen (secondary N) is 1. The number of rotatable bonds is 7. The molecule has 1 aromatic carbocycles. The lowest BCUT2D eigenvalue weighted by Crippen LogP contribution is -2.37. The molecule has 31 heavy (non-hydrogen) atoms. The van der Waals surface area contributed by atoms with E-state index in [-0.39, 0.29) is 51.0 Å². The Morgan fingerprint density at radius 2 is 1.71 bits per heavy atom. The van der Waals surface area contributed by atoms with Gasteiger partial charge in [0.05, 0.1) is 16.9 Å². The van der Waals surface area contributed by atoms with Crippen molar-refractivity contribution in [1.82, 2.24) is 4.90 Å². The lowest BCUT2D eigenvalue weighted by Gasteiger charge is -2.28. The van der Waals surface area contributed by atoms with Gasteiger partial charge in [-0.05, 0) is 71.6 Å². The van der Waals surface area contributed by atoms with Crippen LogP contribution in [0.2, 0.25) is 5.02 Å². The van der Waals surface area contributed by atoms with Crippen molar-refractivity contribution >= 4 is 82.8 Å². The first-order valence-corrected chi connectivity index (χ1v) is 13.6. The fourth-order valence-electron chi connectivity index (χ4n) is 5.36. The van der Waals surface area contributed by atoms with Gasteiger partial charge in [-0.1, -0.05) is 49.9 Å². The number of carbonyl (C=O) groups excluding carboxylic acids is 3. The fourth-order valence-corrected chi connectivity index (χ4v) is 7.83. The molecule has 3 fully saturated rings. The highest BCUT2D eigenvalue weighted by Crippen LogP contribution is 2.60. The summed E-state index contributed by atoms with van der Waals surface area (Å²) in [4.78, 5) is 40.0. The number of nitrogens with zero attached hydrogens (tertiary/aromatic N) is 1. The summed E-state index contributed by atoms with van der Waals surface area (Å²) in [5.41, 5.74) is 1.54. The third kappa shape index (κ3) is 4.26. The Morgan fingerprint density at radius 1 is 1.10 bits per heavy atom. The number of imide groups is 1. The van der Waals surface area contributed by atoms with Gasteiger partial charge in [-0.2, -0.15) is 0 Å². The van der Waals surface area contributed by atoms with E-state index >= 15 is 0 Å². The van der Waals surface area contributed by atoms with Gasteiger partial charge in [0, 0.05) is 32.8 Å². The standard InChI is InChI=1S/C22H24Br3ClN2O3/c1-10-14(7-6-13(23)20(10)26)27-15(29)5-3-2-4-8-28-21(30)16-11-9-12(17(16)22(28)31)19(25)18(11)24/h6-7,11-12,16-19H,2-5,8-9H2,1H3,(H,27,29)/t11-,12-,16-,17-,18+,19+/m1/s1. The van der Waals surface area contributed by atoms with E-state index in [9.17, 15) is 14.4 Å². The van der Waals surface area contributed by atoms with Gasteiger partial charge in [-0.25, -0.2) is 0 Å². The number of anilines is 1. The Balaban J connectivity index is 1.22. The van der Waals surface area contributed by atoms with Crippen LogP contribution in [0, 0.1) is 30.6 Å². The minimum Gasteiger partial charge on any atom is -0.326 e. The van der Waals surface area contributed by atoms with Crippen LogP contribution in [0.15, 0.2) is 16.6 Å². The quantitative estimate of drug-likeness (QED) is 0.237. The van der Waals surface area contributed by atoms with E-state index in [1.165, 1.54) is 4.90 Å². The number of likely N-dealkylation sites (tertiary alicyclic amines) is 1. The third-order valence-corrected chi connectivity index (χ3v) is 11.6. The van der Waals surface area contributed by atoms with Gasteiger partial charge in [0.25, 0.3) is 0 Å². The van der Waals surface area contributed by atoms with E-state index in [0.29, 0.717) is 30.1 Å². The van der Waals surface area contributed by atoms with Crippen LogP contribution >= 0.6 is 59.4 Å². The van der Waals surface area contributed by atoms with Crippen molar-refractivity contribution in [2.24, 2.45) is 23.7 Å². The maximum Gasteiger partial charge on any atom is 0.233 e. The molecule has 2 bridgehead atoms. The largest absolute Gasteiger partial charge is 0.326 e. The Labute approximate surface area is 212 Å². The van der Waals surface area contributed by atoms with Gasteiger partial charge in [0.2, 0.25) is 17.7 Å². The lowest BCUT2D eigenvalue weighted by atomic mass is 9.81. The number of unbranched alkanes of at least 4 members (excludes halogenated alkanes) is 2. The van der Waals surface area contributed by atoms with E-state index in [0.717, 1.165) is 29.3 Å². The molecule has 0 radical (unpaired) electrons. The van der Waals surface area contributed by atoms with Crippen LogP contribution in [0.4, 0.5) is 5.69 Å². The molecule has 4 rings (SSSR count). The van der Waals surface area contributed by atoms with Crippen molar-refractivity contribution in [3.8, 4) is 0 Å². The molecule has 3 aliphatic rings. The zero-order valence-electron chi connectivity index (χ0n) is 17.0. The molecule has 5 nitrogen and oxygen atoms in total. The predicted octanol–water partition coefficient (Wildman–Crippen LogP) is 5.69. The molecule has 1 aromatic rings. The van der Waals surface area contributed by atoms with Gasteiger partial charge in [0.15, 0.2) is 0 Å². The molecule has 6 atom stereocenters. The number of amides is 3. The van der Waals surface area contributed by atoms with Gasteiger partial charge >= 0.3 is 0 Å². The Kier molecular flexibility index (Phi) is 7.21. The molecule has 2 saturated carbocycles. The molecule has 0 unspecified atom stereocenters. The summed E-state index contributed by atoms with van der Waals surface area (Å²) in [5, 5.41) is 3.50. The Bertz CT molecular complexity index is 896. The average molecular weight is 640 g/mol. The smallest absolute Gasteiger partial charge is 0.233 e. The van der Waals surface area contributed by atoms with Crippen molar-refractivity contribution in [1.29, 1.82) is 0 Å². The first-order chi connectivity index (χ1) is 14.7. The van der Waals surface area contributed by atoms with Crippen LogP contribution in [0.1, 0.15) is 37.7 Å². The van der Waals surface area contributed by atoms with Crippen LogP contribution in [0.25, 0.3) is 0 Å². The normalized spacial score (nSPS) is 31.5. The van der Waals surface area contributed by atoms with Crippen LogP contribution in [0.3, 0.4) is 0 Å². The maximum atomic E-state index is 12.9. The number of halogens is 4. The average Bonchev–Trinajstić information content (AvgIpc) is 3.34. The van der Waals surface area contributed by atoms with E-state index in [1.807, 2.05) is 19.1 Å². The van der Waals surface area contributed by atoms with Gasteiger partial charge < -0.3 is 5.32 Å². The molecule has 1 N–H and O–H groups in total. The molecule has 1 heterocycles. The molecule has 0 spiro atoms. The molecule has 168 valence electrons. The van der Waals surface area contributed by atoms with Crippen LogP contribution < -0.4 is 5.32 Å². The van der Waals surface area contributed by atoms with E-state index in [1.54, 1.807) is 0 Å². The number of hydrogen-bond donors (Lipinski definition) is 1. The zero-order valence-corrected chi connectivity index (χ0v) is 22.6. The van der Waals surface area contributed by atoms with Gasteiger partial charge in [-0.15, -0.1) is 0 Å². The van der Waals surface area contributed by atoms with Gasteiger partial charge in [0.1, 0.15) is 0 Å². The summed E-state index contributed by atoms with van der Waals surface area (Å²) < 4.78 is 0.797. The van der Waals surface area contributed by atoms with Crippen molar-refractivity contribution in [2.75, 3.05) is 11.9 Å². The second-order valence-corrected chi connectivity index (χ2v) is 12.1. The highest BCUT2D eigenvalue weighted by Gasteiger charge is 2.66. The summed E-state index contributed by atoms with van der Waals surface area (Å²) in [7, 11) is 0. The molecule has 1 aliphatic heterocycles. The SMILES string of the molecule is Cc1c(NC(=O)CCCCCN2C(=O)[C@@H]3[C@H]4C[C@@H]([C@H](Br)[C@H]4Br)[C@H]3C2=O)ccc(Br)c1Cl. The molecule has 9 heteroatoms. The monoisotopic (exact) mass is 636 g/mol.